The summed E-state index contributed by atoms with van der Waals surface area (Å²) in [6.45, 7) is 2.46. The van der Waals surface area contributed by atoms with Crippen LogP contribution < -0.4 is 5.32 Å². The van der Waals surface area contributed by atoms with Gasteiger partial charge < -0.3 is 10.4 Å². The van der Waals surface area contributed by atoms with Gasteiger partial charge in [0, 0.05) is 30.1 Å². The molecule has 0 aromatic rings. The molecule has 0 saturated carbocycles. The lowest BCUT2D eigenvalue weighted by Crippen LogP contribution is -2.58. The molecular formula is C10H18N2O2S. The molecule has 2 saturated heterocycles. The molecular weight excluding hydrogens is 212 g/mol. The maximum absolute atomic E-state index is 10.5. The summed E-state index contributed by atoms with van der Waals surface area (Å²) in [7, 11) is 0. The summed E-state index contributed by atoms with van der Waals surface area (Å²) in [4.78, 5) is 13.0. The van der Waals surface area contributed by atoms with Gasteiger partial charge in [0.15, 0.2) is 0 Å². The van der Waals surface area contributed by atoms with Crippen LogP contribution in [0.15, 0.2) is 0 Å². The Hall–Kier alpha value is -0.260. The van der Waals surface area contributed by atoms with Gasteiger partial charge in [0.05, 0.1) is 6.54 Å². The van der Waals surface area contributed by atoms with Crippen molar-refractivity contribution in [1.82, 2.24) is 10.2 Å². The summed E-state index contributed by atoms with van der Waals surface area (Å²) in [5, 5.41) is 11.8. The Bertz CT molecular complexity index is 235. The number of carboxylic acids is 1. The molecule has 2 unspecified atom stereocenters. The van der Waals surface area contributed by atoms with E-state index < -0.39 is 5.97 Å². The second kappa shape index (κ2) is 5.18. The third-order valence-electron chi connectivity index (χ3n) is 3.22. The quantitative estimate of drug-likeness (QED) is 0.727. The first-order valence-electron chi connectivity index (χ1n) is 5.54. The number of nitrogens with one attached hydrogen (secondary N) is 1. The van der Waals surface area contributed by atoms with Gasteiger partial charge in [0.1, 0.15) is 0 Å². The topological polar surface area (TPSA) is 52.6 Å². The van der Waals surface area contributed by atoms with E-state index in [1.54, 1.807) is 0 Å². The number of carbonyl (C=O) groups is 1. The van der Waals surface area contributed by atoms with Crippen LogP contribution >= 0.6 is 11.8 Å². The van der Waals surface area contributed by atoms with E-state index in [-0.39, 0.29) is 6.54 Å². The van der Waals surface area contributed by atoms with Gasteiger partial charge in [0.2, 0.25) is 0 Å². The molecule has 2 aliphatic rings. The van der Waals surface area contributed by atoms with E-state index in [4.69, 9.17) is 5.11 Å². The first-order chi connectivity index (χ1) is 7.27. The molecule has 0 aliphatic carbocycles. The lowest BCUT2D eigenvalue weighted by Gasteiger charge is -2.44. The third-order valence-corrected chi connectivity index (χ3v) is 4.27. The Labute approximate surface area is 94.4 Å². The molecule has 15 heavy (non-hydrogen) atoms. The van der Waals surface area contributed by atoms with Crippen molar-refractivity contribution in [2.45, 2.75) is 24.9 Å². The van der Waals surface area contributed by atoms with Crippen LogP contribution in [0, 0.1) is 0 Å². The second-order valence-corrected chi connectivity index (χ2v) is 5.35. The van der Waals surface area contributed by atoms with Crippen LogP contribution in [0.1, 0.15) is 12.8 Å². The largest absolute Gasteiger partial charge is 0.480 e. The Morgan fingerprint density at radius 1 is 1.53 bits per heavy atom. The zero-order valence-electron chi connectivity index (χ0n) is 8.82. The van der Waals surface area contributed by atoms with Crippen molar-refractivity contribution in [1.29, 1.82) is 0 Å². The summed E-state index contributed by atoms with van der Waals surface area (Å²) in [5.41, 5.74) is 0. The fourth-order valence-electron chi connectivity index (χ4n) is 2.47. The first kappa shape index (κ1) is 11.2. The summed E-state index contributed by atoms with van der Waals surface area (Å²) in [6.07, 6.45) is 2.31. The SMILES string of the molecule is O=C(O)CNC1CCCN2CCSCC12. The normalized spacial score (nSPS) is 32.3. The molecule has 5 heteroatoms. The molecule has 0 bridgehead atoms. The van der Waals surface area contributed by atoms with Crippen molar-refractivity contribution in [2.24, 2.45) is 0 Å². The van der Waals surface area contributed by atoms with Crippen LogP contribution in [0.2, 0.25) is 0 Å². The average Bonchev–Trinajstić information content (AvgIpc) is 2.26. The van der Waals surface area contributed by atoms with Crippen molar-refractivity contribution in [3.63, 3.8) is 0 Å². The molecule has 0 amide bonds. The summed E-state index contributed by atoms with van der Waals surface area (Å²) < 4.78 is 0. The minimum atomic E-state index is -0.754. The average molecular weight is 230 g/mol. The highest BCUT2D eigenvalue weighted by molar-refractivity contribution is 7.99. The Morgan fingerprint density at radius 3 is 3.20 bits per heavy atom. The van der Waals surface area contributed by atoms with E-state index in [1.807, 2.05) is 11.8 Å². The van der Waals surface area contributed by atoms with Crippen LogP contribution in [-0.4, -0.2) is 59.2 Å². The number of hydrogen-bond donors (Lipinski definition) is 2. The van der Waals surface area contributed by atoms with Crippen molar-refractivity contribution in [3.05, 3.63) is 0 Å². The molecule has 2 aliphatic heterocycles. The van der Waals surface area contributed by atoms with E-state index in [9.17, 15) is 4.79 Å². The van der Waals surface area contributed by atoms with Crippen molar-refractivity contribution < 1.29 is 9.90 Å². The zero-order chi connectivity index (χ0) is 10.7. The highest BCUT2D eigenvalue weighted by atomic mass is 32.2. The van der Waals surface area contributed by atoms with Gasteiger partial charge in [-0.3, -0.25) is 9.69 Å². The molecule has 2 N–H and O–H groups in total. The lowest BCUT2D eigenvalue weighted by atomic mass is 9.97. The fraction of sp³-hybridized carbons (Fsp3) is 0.900. The Balaban J connectivity index is 1.88. The molecule has 4 nitrogen and oxygen atoms in total. The van der Waals surface area contributed by atoms with Gasteiger partial charge in [-0.15, -0.1) is 0 Å². The van der Waals surface area contributed by atoms with Gasteiger partial charge in [-0.25, -0.2) is 0 Å². The van der Waals surface area contributed by atoms with Crippen molar-refractivity contribution >= 4 is 17.7 Å². The predicted molar refractivity (Wildman–Crippen MR) is 61.3 cm³/mol. The zero-order valence-corrected chi connectivity index (χ0v) is 9.63. The number of piperidine rings is 1. The number of aliphatic carboxylic acids is 1. The van der Waals surface area contributed by atoms with E-state index in [1.165, 1.54) is 25.3 Å². The minimum absolute atomic E-state index is 0.0969. The molecule has 2 heterocycles. The third kappa shape index (κ3) is 2.86. The molecule has 0 radical (unpaired) electrons. The number of thioether (sulfide) groups is 1. The number of fused-ring (bicyclic) bond motifs is 1. The van der Waals surface area contributed by atoms with Crippen LogP contribution in [0.3, 0.4) is 0 Å². The van der Waals surface area contributed by atoms with Gasteiger partial charge in [-0.1, -0.05) is 0 Å². The van der Waals surface area contributed by atoms with E-state index >= 15 is 0 Å². The summed E-state index contributed by atoms with van der Waals surface area (Å²) in [6, 6.07) is 0.930. The highest BCUT2D eigenvalue weighted by Gasteiger charge is 2.33. The second-order valence-electron chi connectivity index (χ2n) is 4.20. The predicted octanol–water partition coefficient (Wildman–Crippen LogP) is 0.240. The van der Waals surface area contributed by atoms with Gasteiger partial charge in [-0.2, -0.15) is 11.8 Å². The molecule has 0 aromatic heterocycles. The van der Waals surface area contributed by atoms with E-state index in [2.05, 4.69) is 10.2 Å². The minimum Gasteiger partial charge on any atom is -0.480 e. The van der Waals surface area contributed by atoms with Gasteiger partial charge >= 0.3 is 5.97 Å². The van der Waals surface area contributed by atoms with Crippen molar-refractivity contribution in [3.8, 4) is 0 Å². The Morgan fingerprint density at radius 2 is 2.40 bits per heavy atom. The molecule has 2 fully saturated rings. The van der Waals surface area contributed by atoms with Crippen molar-refractivity contribution in [2.75, 3.05) is 31.1 Å². The van der Waals surface area contributed by atoms with E-state index in [0.29, 0.717) is 12.1 Å². The van der Waals surface area contributed by atoms with Crippen LogP contribution in [0.5, 0.6) is 0 Å². The van der Waals surface area contributed by atoms with E-state index in [0.717, 1.165) is 12.2 Å². The van der Waals surface area contributed by atoms with Gasteiger partial charge in [-0.05, 0) is 19.4 Å². The monoisotopic (exact) mass is 230 g/mol. The molecule has 0 spiro atoms. The molecule has 2 rings (SSSR count). The molecule has 86 valence electrons. The van der Waals surface area contributed by atoms with Crippen LogP contribution in [0.4, 0.5) is 0 Å². The summed E-state index contributed by atoms with van der Waals surface area (Å²) >= 11 is 1.99. The molecule has 0 aromatic carbocycles. The molecule has 2 atom stereocenters. The number of rotatable bonds is 3. The smallest absolute Gasteiger partial charge is 0.317 e. The van der Waals surface area contributed by atoms with Gasteiger partial charge in [0.25, 0.3) is 0 Å². The number of carboxylic acid groups (broad SMARTS) is 1. The number of nitrogens with zero attached hydrogens (tertiary/aromatic N) is 1. The maximum Gasteiger partial charge on any atom is 0.317 e. The highest BCUT2D eigenvalue weighted by Crippen LogP contribution is 2.25. The lowest BCUT2D eigenvalue weighted by molar-refractivity contribution is -0.136. The fourth-order valence-corrected chi connectivity index (χ4v) is 3.68. The maximum atomic E-state index is 10.5. The number of hydrogen-bond acceptors (Lipinski definition) is 4. The Kier molecular flexibility index (Phi) is 3.88. The standard InChI is InChI=1S/C10H18N2O2S/c13-10(14)6-11-8-2-1-3-12-4-5-15-7-9(8)12/h8-9,11H,1-7H2,(H,13,14). The first-order valence-corrected chi connectivity index (χ1v) is 6.70. The summed E-state index contributed by atoms with van der Waals surface area (Å²) in [5.74, 6) is 1.62. The van der Waals surface area contributed by atoms with Crippen LogP contribution in [-0.2, 0) is 4.79 Å². The van der Waals surface area contributed by atoms with Crippen LogP contribution in [0.25, 0.3) is 0 Å².